The number of aromatic nitrogens is 3. The van der Waals surface area contributed by atoms with Crippen LogP contribution < -0.4 is 5.32 Å². The van der Waals surface area contributed by atoms with Gasteiger partial charge >= 0.3 is 0 Å². The molecule has 1 aliphatic rings. The van der Waals surface area contributed by atoms with Crippen molar-refractivity contribution in [2.45, 2.75) is 39.7 Å². The number of carbonyl (C=O) groups is 1. The molecule has 0 aromatic carbocycles. The zero-order valence-corrected chi connectivity index (χ0v) is 15.3. The van der Waals surface area contributed by atoms with E-state index in [9.17, 15) is 4.79 Å². The number of nitrogens with zero attached hydrogens (tertiary/aromatic N) is 4. The summed E-state index contributed by atoms with van der Waals surface area (Å²) in [6.45, 7) is 9.40. The second-order valence-electron chi connectivity index (χ2n) is 7.12. The maximum absolute atomic E-state index is 12.6. The summed E-state index contributed by atoms with van der Waals surface area (Å²) in [5, 5.41) is 7.43. The Morgan fingerprint density at radius 2 is 2.28 bits per heavy atom. The first-order valence-corrected chi connectivity index (χ1v) is 9.04. The summed E-state index contributed by atoms with van der Waals surface area (Å²) in [7, 11) is 0. The molecule has 1 saturated heterocycles. The van der Waals surface area contributed by atoms with Crippen LogP contribution in [0.3, 0.4) is 0 Å². The van der Waals surface area contributed by atoms with Crippen LogP contribution in [-0.4, -0.2) is 51.2 Å². The maximum Gasteiger partial charge on any atom is 0.255 e. The van der Waals surface area contributed by atoms with Crippen LogP contribution >= 0.6 is 0 Å². The van der Waals surface area contributed by atoms with Crippen LogP contribution in [0.15, 0.2) is 30.6 Å². The third-order valence-electron chi connectivity index (χ3n) is 4.77. The first-order chi connectivity index (χ1) is 12.0. The molecule has 2 atom stereocenters. The number of nitrogens with one attached hydrogen (secondary N) is 1. The normalized spacial score (nSPS) is 19.6. The first kappa shape index (κ1) is 17.6. The third-order valence-corrected chi connectivity index (χ3v) is 4.77. The molecule has 3 rings (SSSR count). The van der Waals surface area contributed by atoms with Gasteiger partial charge in [-0.15, -0.1) is 0 Å². The molecule has 6 heteroatoms. The highest BCUT2D eigenvalue weighted by Crippen LogP contribution is 2.16. The molecular formula is C19H27N5O. The number of rotatable bonds is 5. The molecule has 0 saturated carbocycles. The lowest BCUT2D eigenvalue weighted by molar-refractivity contribution is 0.0919. The zero-order chi connectivity index (χ0) is 17.8. The molecule has 1 fully saturated rings. The fraction of sp³-hybridized carbons (Fsp3) is 0.526. The standard InChI is InChI=1S/C19H27N5O/c1-14-7-6-10-23(12-14)13-15(2)22-19(25)17-11-21-24(16(17)3)18-8-4-5-9-20-18/h4-5,8-9,11,14-15H,6-7,10,12-13H2,1-3H3,(H,22,25)/t14-,15-/m1/s1. The quantitative estimate of drug-likeness (QED) is 0.907. The lowest BCUT2D eigenvalue weighted by Crippen LogP contribution is -2.45. The van der Waals surface area contributed by atoms with Gasteiger partial charge in [-0.2, -0.15) is 5.10 Å². The smallest absolute Gasteiger partial charge is 0.255 e. The Morgan fingerprint density at radius 3 is 3.00 bits per heavy atom. The van der Waals surface area contributed by atoms with E-state index < -0.39 is 0 Å². The van der Waals surface area contributed by atoms with E-state index in [1.54, 1.807) is 17.1 Å². The van der Waals surface area contributed by atoms with Gasteiger partial charge in [0.25, 0.3) is 5.91 Å². The number of hydrogen-bond acceptors (Lipinski definition) is 4. The molecule has 0 unspecified atom stereocenters. The number of pyridine rings is 1. The molecule has 0 bridgehead atoms. The average Bonchev–Trinajstić information content (AvgIpc) is 2.97. The number of carbonyl (C=O) groups excluding carboxylic acids is 1. The van der Waals surface area contributed by atoms with Gasteiger partial charge in [-0.25, -0.2) is 9.67 Å². The predicted molar refractivity (Wildman–Crippen MR) is 97.9 cm³/mol. The topological polar surface area (TPSA) is 63.1 Å². The highest BCUT2D eigenvalue weighted by Gasteiger charge is 2.21. The van der Waals surface area contributed by atoms with Crippen molar-refractivity contribution in [2.24, 2.45) is 5.92 Å². The molecule has 25 heavy (non-hydrogen) atoms. The summed E-state index contributed by atoms with van der Waals surface area (Å²) >= 11 is 0. The van der Waals surface area contributed by atoms with Crippen LogP contribution in [0.2, 0.25) is 0 Å². The van der Waals surface area contributed by atoms with Gasteiger partial charge in [-0.3, -0.25) is 4.79 Å². The molecule has 1 amide bonds. The van der Waals surface area contributed by atoms with Gasteiger partial charge in [-0.05, 0) is 51.3 Å². The van der Waals surface area contributed by atoms with E-state index in [4.69, 9.17) is 0 Å². The number of piperidine rings is 1. The van der Waals surface area contributed by atoms with Crippen LogP contribution in [0, 0.1) is 12.8 Å². The van der Waals surface area contributed by atoms with Crippen molar-refractivity contribution < 1.29 is 4.79 Å². The van der Waals surface area contributed by atoms with Crippen molar-refractivity contribution in [2.75, 3.05) is 19.6 Å². The Balaban J connectivity index is 1.62. The number of likely N-dealkylation sites (tertiary alicyclic amines) is 1. The van der Waals surface area contributed by atoms with Gasteiger partial charge in [-0.1, -0.05) is 13.0 Å². The number of hydrogen-bond donors (Lipinski definition) is 1. The van der Waals surface area contributed by atoms with Crippen molar-refractivity contribution in [3.63, 3.8) is 0 Å². The Morgan fingerprint density at radius 1 is 1.44 bits per heavy atom. The fourth-order valence-corrected chi connectivity index (χ4v) is 3.53. The second-order valence-corrected chi connectivity index (χ2v) is 7.12. The van der Waals surface area contributed by atoms with Crippen molar-refractivity contribution in [3.05, 3.63) is 41.9 Å². The first-order valence-electron chi connectivity index (χ1n) is 9.04. The Bertz CT molecular complexity index is 712. The minimum Gasteiger partial charge on any atom is -0.348 e. The zero-order valence-electron chi connectivity index (χ0n) is 15.3. The third kappa shape index (κ3) is 4.25. The van der Waals surface area contributed by atoms with Gasteiger partial charge in [0, 0.05) is 25.3 Å². The van der Waals surface area contributed by atoms with E-state index in [0.717, 1.165) is 37.1 Å². The van der Waals surface area contributed by atoms with Crippen molar-refractivity contribution in [1.29, 1.82) is 0 Å². The Hall–Kier alpha value is -2.21. The van der Waals surface area contributed by atoms with Gasteiger partial charge in [0.15, 0.2) is 5.82 Å². The molecule has 1 N–H and O–H groups in total. The highest BCUT2D eigenvalue weighted by atomic mass is 16.1. The second kappa shape index (κ2) is 7.78. The maximum atomic E-state index is 12.6. The SMILES string of the molecule is Cc1c(C(=O)N[C@H](C)CN2CCC[C@@H](C)C2)cnn1-c1ccccn1. The summed E-state index contributed by atoms with van der Waals surface area (Å²) in [6, 6.07) is 5.75. The fourth-order valence-electron chi connectivity index (χ4n) is 3.53. The van der Waals surface area contributed by atoms with Crippen LogP contribution in [0.5, 0.6) is 0 Å². The summed E-state index contributed by atoms with van der Waals surface area (Å²) in [6.07, 6.45) is 5.90. The average molecular weight is 341 g/mol. The van der Waals surface area contributed by atoms with E-state index in [1.165, 1.54) is 12.8 Å². The summed E-state index contributed by atoms with van der Waals surface area (Å²) in [5.41, 5.74) is 1.40. The summed E-state index contributed by atoms with van der Waals surface area (Å²) in [5.74, 6) is 1.39. The lowest BCUT2D eigenvalue weighted by atomic mass is 10.00. The van der Waals surface area contributed by atoms with Crippen molar-refractivity contribution in [1.82, 2.24) is 25.0 Å². The van der Waals surface area contributed by atoms with Crippen LogP contribution in [0.4, 0.5) is 0 Å². The summed E-state index contributed by atoms with van der Waals surface area (Å²) in [4.78, 5) is 19.4. The highest BCUT2D eigenvalue weighted by molar-refractivity contribution is 5.95. The Kier molecular flexibility index (Phi) is 5.48. The molecule has 0 radical (unpaired) electrons. The molecule has 1 aliphatic heterocycles. The molecule has 0 spiro atoms. The van der Waals surface area contributed by atoms with Crippen LogP contribution in [-0.2, 0) is 0 Å². The molecule has 3 heterocycles. The van der Waals surface area contributed by atoms with Gasteiger partial charge < -0.3 is 10.2 Å². The molecule has 134 valence electrons. The van der Waals surface area contributed by atoms with Gasteiger partial charge in [0.1, 0.15) is 0 Å². The van der Waals surface area contributed by atoms with Crippen molar-refractivity contribution in [3.8, 4) is 5.82 Å². The molecular weight excluding hydrogens is 314 g/mol. The monoisotopic (exact) mass is 341 g/mol. The minimum absolute atomic E-state index is 0.0720. The predicted octanol–water partition coefficient (Wildman–Crippen LogP) is 2.43. The van der Waals surface area contributed by atoms with Crippen LogP contribution in [0.1, 0.15) is 42.7 Å². The Labute approximate surface area is 149 Å². The van der Waals surface area contributed by atoms with E-state index >= 15 is 0 Å². The van der Waals surface area contributed by atoms with Gasteiger partial charge in [0.05, 0.1) is 17.5 Å². The van der Waals surface area contributed by atoms with E-state index in [2.05, 4.69) is 34.1 Å². The molecule has 0 aliphatic carbocycles. The van der Waals surface area contributed by atoms with Crippen LogP contribution in [0.25, 0.3) is 5.82 Å². The lowest BCUT2D eigenvalue weighted by Gasteiger charge is -2.32. The molecule has 6 nitrogen and oxygen atoms in total. The minimum atomic E-state index is -0.0720. The van der Waals surface area contributed by atoms with Gasteiger partial charge in [0.2, 0.25) is 0 Å². The van der Waals surface area contributed by atoms with E-state index in [-0.39, 0.29) is 11.9 Å². The van der Waals surface area contributed by atoms with E-state index in [1.807, 2.05) is 25.1 Å². The van der Waals surface area contributed by atoms with E-state index in [0.29, 0.717) is 5.56 Å². The molecule has 2 aromatic rings. The summed E-state index contributed by atoms with van der Waals surface area (Å²) < 4.78 is 1.70. The van der Waals surface area contributed by atoms with Crippen molar-refractivity contribution >= 4 is 5.91 Å². The molecule has 2 aromatic heterocycles. The largest absolute Gasteiger partial charge is 0.348 e. The number of amides is 1.